The first-order valence-electron chi connectivity index (χ1n) is 10.5. The summed E-state index contributed by atoms with van der Waals surface area (Å²) < 4.78 is 5.87. The highest BCUT2D eigenvalue weighted by molar-refractivity contribution is 8.18. The van der Waals surface area contributed by atoms with Gasteiger partial charge in [-0.2, -0.15) is 4.99 Å². The van der Waals surface area contributed by atoms with Crippen molar-refractivity contribution in [3.05, 3.63) is 94.9 Å². The summed E-state index contributed by atoms with van der Waals surface area (Å²) >= 11 is 1.07. The lowest BCUT2D eigenvalue weighted by Gasteiger charge is -2.12. The normalized spacial score (nSPS) is 14.4. The van der Waals surface area contributed by atoms with E-state index < -0.39 is 11.9 Å². The Morgan fingerprint density at radius 2 is 1.56 bits per heavy atom. The van der Waals surface area contributed by atoms with Gasteiger partial charge < -0.3 is 10.1 Å². The molecule has 0 aliphatic carbocycles. The summed E-state index contributed by atoms with van der Waals surface area (Å²) in [4.78, 5) is 41.2. The topological polar surface area (TPSA) is 84.8 Å². The molecule has 0 spiro atoms. The van der Waals surface area contributed by atoms with Gasteiger partial charge in [-0.05, 0) is 51.5 Å². The van der Waals surface area contributed by atoms with E-state index in [0.717, 1.165) is 33.3 Å². The number of thioether (sulfide) groups is 1. The average molecular weight is 467 g/mol. The number of hydrogen-bond donors (Lipinski definition) is 1. The zero-order valence-corrected chi connectivity index (χ0v) is 18.9. The van der Waals surface area contributed by atoms with Crippen molar-refractivity contribution in [3.63, 3.8) is 0 Å². The van der Waals surface area contributed by atoms with Gasteiger partial charge in [0.05, 0.1) is 10.5 Å². The maximum Gasteiger partial charge on any atom is 0.344 e. The molecule has 0 saturated carbocycles. The first-order valence-corrected chi connectivity index (χ1v) is 11.3. The van der Waals surface area contributed by atoms with Crippen molar-refractivity contribution in [2.45, 2.75) is 6.92 Å². The number of carbonyl (C=O) groups is 3. The van der Waals surface area contributed by atoms with Gasteiger partial charge in [0.1, 0.15) is 5.75 Å². The number of esters is 1. The first-order chi connectivity index (χ1) is 16.5. The summed E-state index contributed by atoms with van der Waals surface area (Å²) in [7, 11) is 0. The quantitative estimate of drug-likeness (QED) is 0.251. The molecule has 1 N–H and O–H groups in total. The molecular formula is C27H18N2O4S. The van der Waals surface area contributed by atoms with E-state index in [0.29, 0.717) is 21.8 Å². The number of aliphatic imine (C=N–C) groups is 1. The largest absolute Gasteiger partial charge is 0.422 e. The SMILES string of the molecule is CC(=O)NC1=NC(=O)/C(=C/c2c(OC(=O)c3cccc4ccccc34)ccc3ccccc23)S1. The third-order valence-electron chi connectivity index (χ3n) is 5.32. The van der Waals surface area contributed by atoms with Crippen LogP contribution in [0.15, 0.2) is 88.8 Å². The molecule has 4 aromatic carbocycles. The molecule has 0 saturated heterocycles. The average Bonchev–Trinajstić information content (AvgIpc) is 3.17. The van der Waals surface area contributed by atoms with Crippen LogP contribution in [0.25, 0.3) is 27.6 Å². The Morgan fingerprint density at radius 1 is 0.882 bits per heavy atom. The van der Waals surface area contributed by atoms with Gasteiger partial charge in [-0.1, -0.05) is 66.7 Å². The van der Waals surface area contributed by atoms with Crippen molar-refractivity contribution in [2.75, 3.05) is 0 Å². The molecular weight excluding hydrogens is 448 g/mol. The minimum Gasteiger partial charge on any atom is -0.422 e. The van der Waals surface area contributed by atoms with Crippen molar-refractivity contribution in [3.8, 4) is 5.75 Å². The van der Waals surface area contributed by atoms with E-state index in [1.807, 2.05) is 66.7 Å². The van der Waals surface area contributed by atoms with Crippen molar-refractivity contribution in [2.24, 2.45) is 4.99 Å². The van der Waals surface area contributed by atoms with Crippen molar-refractivity contribution >= 4 is 62.3 Å². The summed E-state index contributed by atoms with van der Waals surface area (Å²) in [6.45, 7) is 1.35. The van der Waals surface area contributed by atoms with Crippen molar-refractivity contribution < 1.29 is 19.1 Å². The molecule has 0 unspecified atom stereocenters. The Hall–Kier alpha value is -4.23. The fraction of sp³-hybridized carbons (Fsp3) is 0.0370. The van der Waals surface area contributed by atoms with E-state index in [1.165, 1.54) is 6.92 Å². The molecule has 166 valence electrons. The standard InChI is InChI=1S/C27H18N2O4S/c1-16(30)28-27-29-25(31)24(34-27)15-22-20-11-5-3-8-18(20)13-14-23(22)33-26(32)21-12-6-9-17-7-2-4-10-19(17)21/h2-15H,1H3,(H,28,29,30,31)/b24-15-. The number of nitrogens with one attached hydrogen (secondary N) is 1. The van der Waals surface area contributed by atoms with E-state index in [-0.39, 0.29) is 11.1 Å². The Kier molecular flexibility index (Phi) is 5.69. The highest BCUT2D eigenvalue weighted by Gasteiger charge is 2.24. The first kappa shape index (κ1) is 21.6. The molecule has 34 heavy (non-hydrogen) atoms. The number of fused-ring (bicyclic) bond motifs is 2. The number of ether oxygens (including phenoxy) is 1. The predicted molar refractivity (Wildman–Crippen MR) is 135 cm³/mol. The van der Waals surface area contributed by atoms with E-state index in [4.69, 9.17) is 4.74 Å². The van der Waals surface area contributed by atoms with Gasteiger partial charge in [0.25, 0.3) is 5.91 Å². The molecule has 1 aliphatic rings. The number of carbonyl (C=O) groups excluding carboxylic acids is 3. The summed E-state index contributed by atoms with van der Waals surface area (Å²) in [5, 5.41) is 6.24. The molecule has 1 aliphatic heterocycles. The minimum atomic E-state index is -0.493. The minimum absolute atomic E-state index is 0.221. The van der Waals surface area contributed by atoms with Gasteiger partial charge in [0, 0.05) is 12.5 Å². The monoisotopic (exact) mass is 466 g/mol. The van der Waals surface area contributed by atoms with Crippen LogP contribution < -0.4 is 10.1 Å². The zero-order valence-electron chi connectivity index (χ0n) is 18.1. The molecule has 0 radical (unpaired) electrons. The summed E-state index contributed by atoms with van der Waals surface area (Å²) in [6, 6.07) is 24.3. The second kappa shape index (κ2) is 8.96. The van der Waals surface area contributed by atoms with Crippen LogP contribution in [0.1, 0.15) is 22.8 Å². The molecule has 1 heterocycles. The highest BCUT2D eigenvalue weighted by atomic mass is 32.2. The molecule has 0 fully saturated rings. The number of benzene rings is 4. The Morgan fingerprint density at radius 3 is 2.32 bits per heavy atom. The van der Waals surface area contributed by atoms with Crippen LogP contribution >= 0.6 is 11.8 Å². The predicted octanol–water partition coefficient (Wildman–Crippen LogP) is 5.32. The number of amidine groups is 1. The Labute approximate surface area is 199 Å². The lowest BCUT2D eigenvalue weighted by Crippen LogP contribution is -2.23. The molecule has 5 rings (SSSR count). The van der Waals surface area contributed by atoms with Crippen molar-refractivity contribution in [1.29, 1.82) is 0 Å². The fourth-order valence-electron chi connectivity index (χ4n) is 3.82. The maximum absolute atomic E-state index is 13.2. The molecule has 6 nitrogen and oxygen atoms in total. The van der Waals surface area contributed by atoms with Gasteiger partial charge in [0.15, 0.2) is 5.17 Å². The van der Waals surface area contributed by atoms with Gasteiger partial charge >= 0.3 is 5.97 Å². The Balaban J connectivity index is 1.56. The Bertz CT molecular complexity index is 1550. The van der Waals surface area contributed by atoms with E-state index in [2.05, 4.69) is 10.3 Å². The van der Waals surface area contributed by atoms with Crippen LogP contribution in [0, 0.1) is 0 Å². The van der Waals surface area contributed by atoms with Crippen LogP contribution in [0.5, 0.6) is 5.75 Å². The third-order valence-corrected chi connectivity index (χ3v) is 6.22. The summed E-state index contributed by atoms with van der Waals surface area (Å²) in [6.07, 6.45) is 1.65. The smallest absolute Gasteiger partial charge is 0.344 e. The number of amides is 2. The molecule has 0 aromatic heterocycles. The van der Waals surface area contributed by atoms with Gasteiger partial charge in [-0.25, -0.2) is 4.79 Å². The number of rotatable bonds is 3. The van der Waals surface area contributed by atoms with Crippen LogP contribution in [-0.2, 0) is 9.59 Å². The number of hydrogen-bond acceptors (Lipinski definition) is 5. The van der Waals surface area contributed by atoms with E-state index >= 15 is 0 Å². The molecule has 7 heteroatoms. The van der Waals surface area contributed by atoms with Crippen molar-refractivity contribution in [1.82, 2.24) is 5.32 Å². The lowest BCUT2D eigenvalue weighted by atomic mass is 10.0. The summed E-state index contributed by atoms with van der Waals surface area (Å²) in [5.74, 6) is -0.944. The highest BCUT2D eigenvalue weighted by Crippen LogP contribution is 2.35. The van der Waals surface area contributed by atoms with Gasteiger partial charge in [0.2, 0.25) is 5.91 Å². The van der Waals surface area contributed by atoms with Crippen LogP contribution in [0.2, 0.25) is 0 Å². The second-order valence-electron chi connectivity index (χ2n) is 7.63. The van der Waals surface area contributed by atoms with E-state index in [9.17, 15) is 14.4 Å². The fourth-order valence-corrected chi connectivity index (χ4v) is 4.66. The van der Waals surface area contributed by atoms with Gasteiger partial charge in [-0.15, -0.1) is 0 Å². The zero-order chi connectivity index (χ0) is 23.7. The van der Waals surface area contributed by atoms with Crippen LogP contribution in [0.4, 0.5) is 0 Å². The second-order valence-corrected chi connectivity index (χ2v) is 8.66. The summed E-state index contributed by atoms with van der Waals surface area (Å²) in [5.41, 5.74) is 1.04. The molecule has 4 aromatic rings. The maximum atomic E-state index is 13.2. The van der Waals surface area contributed by atoms with Crippen LogP contribution in [-0.4, -0.2) is 23.0 Å². The number of nitrogens with zero attached hydrogens (tertiary/aromatic N) is 1. The molecule has 2 amide bonds. The van der Waals surface area contributed by atoms with Crippen LogP contribution in [0.3, 0.4) is 0 Å². The lowest BCUT2D eigenvalue weighted by molar-refractivity contribution is -0.117. The third kappa shape index (κ3) is 4.21. The van der Waals surface area contributed by atoms with E-state index in [1.54, 1.807) is 18.2 Å². The van der Waals surface area contributed by atoms with Gasteiger partial charge in [-0.3, -0.25) is 9.59 Å². The molecule has 0 atom stereocenters. The molecule has 0 bridgehead atoms.